The first kappa shape index (κ1) is 14.2. The van der Waals surface area contributed by atoms with Crippen molar-refractivity contribution in [2.75, 3.05) is 0 Å². The molecule has 0 bridgehead atoms. The first-order valence-electron chi connectivity index (χ1n) is 5.01. The Labute approximate surface area is 107 Å². The fraction of sp³-hybridized carbons (Fsp3) is 0.0909. The molecule has 8 heteroatoms. The zero-order valence-electron chi connectivity index (χ0n) is 9.84. The van der Waals surface area contributed by atoms with Gasteiger partial charge in [-0.2, -0.15) is 11.0 Å². The van der Waals surface area contributed by atoms with Gasteiger partial charge >= 0.3 is 11.9 Å². The molecule has 0 aliphatic carbocycles. The number of benzene rings is 1. The van der Waals surface area contributed by atoms with Crippen LogP contribution in [0.15, 0.2) is 18.2 Å². The van der Waals surface area contributed by atoms with Crippen LogP contribution < -0.4 is 11.0 Å². The molecule has 1 aromatic carbocycles. The van der Waals surface area contributed by atoms with Crippen LogP contribution in [0.2, 0.25) is 0 Å². The van der Waals surface area contributed by atoms with Gasteiger partial charge in [0.15, 0.2) is 0 Å². The minimum atomic E-state index is -0.840. The average Bonchev–Trinajstić information content (AvgIpc) is 2.41. The van der Waals surface area contributed by atoms with Crippen molar-refractivity contribution in [3.63, 3.8) is 0 Å². The highest BCUT2D eigenvalue weighted by atomic mass is 16.7. The first-order chi connectivity index (χ1) is 9.08. The maximum absolute atomic E-state index is 11.5. The second kappa shape index (κ2) is 6.74. The molecule has 0 radical (unpaired) electrons. The van der Waals surface area contributed by atoms with Crippen LogP contribution in [-0.2, 0) is 19.3 Å². The Morgan fingerprint density at radius 1 is 0.947 bits per heavy atom. The van der Waals surface area contributed by atoms with Gasteiger partial charge in [-0.15, -0.1) is 0 Å². The van der Waals surface area contributed by atoms with Gasteiger partial charge in [-0.25, -0.2) is 9.59 Å². The summed E-state index contributed by atoms with van der Waals surface area (Å²) in [5.41, 5.74) is 4.18. The zero-order chi connectivity index (χ0) is 14.3. The summed E-state index contributed by atoms with van der Waals surface area (Å²) in [5, 5.41) is 0. The fourth-order valence-corrected chi connectivity index (χ4v) is 1.29. The molecule has 1 rings (SSSR count). The number of hydrogen-bond donors (Lipinski definition) is 2. The molecule has 0 fully saturated rings. The Balaban J connectivity index is 2.93. The summed E-state index contributed by atoms with van der Waals surface area (Å²) in [6.07, 6.45) is 0.383. The van der Waals surface area contributed by atoms with Gasteiger partial charge in [0.05, 0.1) is 11.1 Å². The van der Waals surface area contributed by atoms with E-state index in [-0.39, 0.29) is 23.9 Å². The summed E-state index contributed by atoms with van der Waals surface area (Å²) >= 11 is 0. The van der Waals surface area contributed by atoms with Crippen molar-refractivity contribution < 1.29 is 28.9 Å². The van der Waals surface area contributed by atoms with Crippen molar-refractivity contribution in [1.82, 2.24) is 11.0 Å². The van der Waals surface area contributed by atoms with Crippen molar-refractivity contribution in [1.29, 1.82) is 0 Å². The highest BCUT2D eigenvalue weighted by Crippen LogP contribution is 2.11. The molecule has 8 nitrogen and oxygen atoms in total. The molecule has 0 saturated carbocycles. The van der Waals surface area contributed by atoms with Crippen molar-refractivity contribution in [3.8, 4) is 0 Å². The number of aryl methyl sites for hydroxylation is 1. The molecular formula is C11H10N2O6. The quantitative estimate of drug-likeness (QED) is 0.537. The number of amides is 2. The summed E-state index contributed by atoms with van der Waals surface area (Å²) in [4.78, 5) is 51.7. The van der Waals surface area contributed by atoms with Crippen LogP contribution in [0.1, 0.15) is 26.3 Å². The fourth-order valence-electron chi connectivity index (χ4n) is 1.29. The van der Waals surface area contributed by atoms with Gasteiger partial charge in [0.1, 0.15) is 0 Å². The van der Waals surface area contributed by atoms with E-state index < -0.39 is 11.9 Å². The summed E-state index contributed by atoms with van der Waals surface area (Å²) < 4.78 is 0. The predicted molar refractivity (Wildman–Crippen MR) is 60.4 cm³/mol. The average molecular weight is 266 g/mol. The third kappa shape index (κ3) is 4.11. The minimum Gasteiger partial charge on any atom is -0.336 e. The number of hydrogen-bond acceptors (Lipinski definition) is 6. The van der Waals surface area contributed by atoms with Crippen molar-refractivity contribution >= 4 is 24.8 Å². The standard InChI is InChI=1S/C11H10N2O6/c1-7-2-8(10(16)18-12-5-14)4-9(3-7)11(17)19-13-6-15/h2-6H,1H3,(H,12,14)(H,13,15). The first-order valence-corrected chi connectivity index (χ1v) is 5.01. The highest BCUT2D eigenvalue weighted by Gasteiger charge is 2.14. The second-order valence-corrected chi connectivity index (χ2v) is 3.34. The maximum atomic E-state index is 11.5. The van der Waals surface area contributed by atoms with E-state index in [0.717, 1.165) is 0 Å². The molecule has 0 unspecified atom stereocenters. The van der Waals surface area contributed by atoms with E-state index in [4.69, 9.17) is 0 Å². The number of nitrogens with one attached hydrogen (secondary N) is 2. The van der Waals surface area contributed by atoms with Crippen LogP contribution in [0.3, 0.4) is 0 Å². The summed E-state index contributed by atoms with van der Waals surface area (Å²) in [5.74, 6) is -1.68. The van der Waals surface area contributed by atoms with E-state index in [1.807, 2.05) is 0 Å². The van der Waals surface area contributed by atoms with Gasteiger partial charge < -0.3 is 9.68 Å². The second-order valence-electron chi connectivity index (χ2n) is 3.34. The molecule has 0 spiro atoms. The molecule has 0 saturated heterocycles. The Morgan fingerprint density at radius 3 is 1.74 bits per heavy atom. The Bertz CT molecular complexity index is 472. The Morgan fingerprint density at radius 2 is 1.37 bits per heavy atom. The van der Waals surface area contributed by atoms with Crippen molar-refractivity contribution in [3.05, 3.63) is 34.9 Å². The van der Waals surface area contributed by atoms with Crippen LogP contribution >= 0.6 is 0 Å². The smallest absolute Gasteiger partial charge is 0.336 e. The lowest BCUT2D eigenvalue weighted by Crippen LogP contribution is -2.20. The van der Waals surface area contributed by atoms with Gasteiger partial charge in [0, 0.05) is 0 Å². The number of hydroxylamine groups is 2. The van der Waals surface area contributed by atoms with E-state index in [1.165, 1.54) is 18.2 Å². The lowest BCUT2D eigenvalue weighted by atomic mass is 10.1. The number of rotatable bonds is 6. The van der Waals surface area contributed by atoms with Crippen LogP contribution in [0.25, 0.3) is 0 Å². The van der Waals surface area contributed by atoms with E-state index in [2.05, 4.69) is 9.68 Å². The van der Waals surface area contributed by atoms with Gasteiger partial charge in [0.25, 0.3) is 0 Å². The minimum absolute atomic E-state index is 0.0485. The van der Waals surface area contributed by atoms with Crippen LogP contribution in [0.4, 0.5) is 0 Å². The number of carbonyl (C=O) groups excluding carboxylic acids is 4. The number of carbonyl (C=O) groups is 4. The Kier molecular flexibility index (Phi) is 5.03. The predicted octanol–water partition coefficient (Wildman–Crippen LogP) is -0.369. The van der Waals surface area contributed by atoms with E-state index in [1.54, 1.807) is 17.9 Å². The van der Waals surface area contributed by atoms with Crippen molar-refractivity contribution in [2.24, 2.45) is 0 Å². The normalized spacial score (nSPS) is 9.11. The molecule has 0 aromatic heterocycles. The SMILES string of the molecule is Cc1cc(C(=O)ONC=O)cc(C(=O)ONC=O)c1. The molecule has 0 atom stereocenters. The van der Waals surface area contributed by atoms with E-state index in [0.29, 0.717) is 5.56 Å². The van der Waals surface area contributed by atoms with Crippen LogP contribution in [-0.4, -0.2) is 24.8 Å². The van der Waals surface area contributed by atoms with E-state index >= 15 is 0 Å². The monoisotopic (exact) mass is 266 g/mol. The van der Waals surface area contributed by atoms with Gasteiger partial charge in [0.2, 0.25) is 12.8 Å². The third-order valence-corrected chi connectivity index (χ3v) is 1.95. The molecule has 1 aromatic rings. The lowest BCUT2D eigenvalue weighted by molar-refractivity contribution is -0.117. The van der Waals surface area contributed by atoms with Gasteiger partial charge in [-0.05, 0) is 30.7 Å². The van der Waals surface area contributed by atoms with Crippen LogP contribution in [0.5, 0.6) is 0 Å². The highest BCUT2D eigenvalue weighted by molar-refractivity contribution is 5.95. The van der Waals surface area contributed by atoms with Gasteiger partial charge in [-0.1, -0.05) is 0 Å². The lowest BCUT2D eigenvalue weighted by Gasteiger charge is -2.06. The topological polar surface area (TPSA) is 111 Å². The summed E-state index contributed by atoms with van der Waals surface area (Å²) in [7, 11) is 0. The summed E-state index contributed by atoms with van der Waals surface area (Å²) in [6, 6.07) is 4.12. The molecular weight excluding hydrogens is 256 g/mol. The molecule has 0 heterocycles. The summed E-state index contributed by atoms with van der Waals surface area (Å²) in [6.45, 7) is 1.65. The largest absolute Gasteiger partial charge is 0.362 e. The zero-order valence-corrected chi connectivity index (χ0v) is 9.84. The molecule has 0 aliphatic rings. The molecule has 2 amide bonds. The molecule has 100 valence electrons. The van der Waals surface area contributed by atoms with E-state index in [9.17, 15) is 19.2 Å². The van der Waals surface area contributed by atoms with Crippen LogP contribution in [0, 0.1) is 6.92 Å². The third-order valence-electron chi connectivity index (χ3n) is 1.95. The molecule has 19 heavy (non-hydrogen) atoms. The molecule has 0 aliphatic heterocycles. The van der Waals surface area contributed by atoms with Gasteiger partial charge in [-0.3, -0.25) is 9.59 Å². The maximum Gasteiger partial charge on any atom is 0.362 e. The Hall–Kier alpha value is -2.90. The van der Waals surface area contributed by atoms with Crippen molar-refractivity contribution in [2.45, 2.75) is 6.92 Å². The molecule has 2 N–H and O–H groups in total.